The maximum atomic E-state index is 11.2. The zero-order valence-electron chi connectivity index (χ0n) is 10.9. The summed E-state index contributed by atoms with van der Waals surface area (Å²) < 4.78 is 6.06. The van der Waals surface area contributed by atoms with Crippen LogP contribution in [0.2, 0.25) is 0 Å². The van der Waals surface area contributed by atoms with Gasteiger partial charge in [-0.25, -0.2) is 4.79 Å². The molecule has 0 radical (unpaired) electrons. The van der Waals surface area contributed by atoms with Crippen LogP contribution in [0.5, 0.6) is 11.5 Å². The summed E-state index contributed by atoms with van der Waals surface area (Å²) in [6, 6.07) is 8.90. The highest BCUT2D eigenvalue weighted by Crippen LogP contribution is 2.37. The van der Waals surface area contributed by atoms with E-state index in [4.69, 9.17) is 9.84 Å². The van der Waals surface area contributed by atoms with Crippen LogP contribution in [0, 0.1) is 17.0 Å². The zero-order chi connectivity index (χ0) is 15.6. The van der Waals surface area contributed by atoms with Gasteiger partial charge in [0.15, 0.2) is 0 Å². The Kier molecular flexibility index (Phi) is 4.23. The summed E-state index contributed by atoms with van der Waals surface area (Å²) >= 11 is 3.29. The molecule has 0 aliphatic rings. The number of rotatable bonds is 4. The molecule has 6 nitrogen and oxygen atoms in total. The second-order valence-corrected chi connectivity index (χ2v) is 5.11. The molecule has 0 heterocycles. The first kappa shape index (κ1) is 15.0. The van der Waals surface area contributed by atoms with Crippen LogP contribution in [0.4, 0.5) is 5.69 Å². The minimum absolute atomic E-state index is 0.267. The number of para-hydroxylation sites is 1. The Morgan fingerprint density at radius 2 is 2.05 bits per heavy atom. The van der Waals surface area contributed by atoms with E-state index in [2.05, 4.69) is 15.9 Å². The van der Waals surface area contributed by atoms with E-state index in [-0.39, 0.29) is 11.3 Å². The summed E-state index contributed by atoms with van der Waals surface area (Å²) in [5.41, 5.74) is 0.300. The van der Waals surface area contributed by atoms with Gasteiger partial charge in [0.25, 0.3) is 0 Å². The Balaban J connectivity index is 2.56. The number of carboxylic acid groups (broad SMARTS) is 1. The number of nitro benzene ring substituents is 1. The Hall–Kier alpha value is -2.41. The normalized spacial score (nSPS) is 10.2. The molecule has 2 aromatic rings. The van der Waals surface area contributed by atoms with Crippen molar-refractivity contribution in [3.05, 3.63) is 62.1 Å². The van der Waals surface area contributed by atoms with E-state index in [9.17, 15) is 14.9 Å². The van der Waals surface area contributed by atoms with Gasteiger partial charge in [0.05, 0.1) is 9.40 Å². The van der Waals surface area contributed by atoms with E-state index >= 15 is 0 Å². The van der Waals surface area contributed by atoms with Crippen molar-refractivity contribution in [1.82, 2.24) is 0 Å². The summed E-state index contributed by atoms with van der Waals surface area (Å²) in [7, 11) is 0. The van der Waals surface area contributed by atoms with Crippen LogP contribution in [-0.4, -0.2) is 16.0 Å². The minimum atomic E-state index is -1.29. The minimum Gasteiger partial charge on any atom is -0.478 e. The number of nitrogens with zero attached hydrogens (tertiary/aromatic N) is 1. The zero-order valence-corrected chi connectivity index (χ0v) is 12.5. The van der Waals surface area contributed by atoms with Crippen molar-refractivity contribution in [3.63, 3.8) is 0 Å². The molecule has 0 fully saturated rings. The van der Waals surface area contributed by atoms with Gasteiger partial charge in [0, 0.05) is 6.07 Å². The SMILES string of the molecule is Cc1ccc(Oc2c(C(=O)O)cccc2[N+](=O)[O-])c(Br)c1. The summed E-state index contributed by atoms with van der Waals surface area (Å²) in [6.45, 7) is 1.88. The van der Waals surface area contributed by atoms with Crippen molar-refractivity contribution in [2.24, 2.45) is 0 Å². The predicted molar refractivity (Wildman–Crippen MR) is 79.0 cm³/mol. The van der Waals surface area contributed by atoms with Gasteiger partial charge >= 0.3 is 11.7 Å². The summed E-state index contributed by atoms with van der Waals surface area (Å²) in [6.07, 6.45) is 0. The number of ether oxygens (including phenoxy) is 1. The monoisotopic (exact) mass is 351 g/mol. The lowest BCUT2D eigenvalue weighted by atomic mass is 10.1. The molecular formula is C14H10BrNO5. The molecule has 2 rings (SSSR count). The molecule has 0 spiro atoms. The topological polar surface area (TPSA) is 89.7 Å². The van der Waals surface area contributed by atoms with Crippen LogP contribution < -0.4 is 4.74 Å². The molecular weight excluding hydrogens is 342 g/mol. The molecule has 0 saturated carbocycles. The molecule has 0 amide bonds. The third kappa shape index (κ3) is 3.19. The Morgan fingerprint density at radius 3 is 2.62 bits per heavy atom. The fourth-order valence-electron chi connectivity index (χ4n) is 1.74. The molecule has 2 aromatic carbocycles. The summed E-state index contributed by atoms with van der Waals surface area (Å²) in [5.74, 6) is -1.28. The Bertz CT molecular complexity index is 697. The van der Waals surface area contributed by atoms with Crippen molar-refractivity contribution in [3.8, 4) is 11.5 Å². The first-order chi connectivity index (χ1) is 9.90. The third-order valence-corrected chi connectivity index (χ3v) is 3.34. The fraction of sp³-hybridized carbons (Fsp3) is 0.0714. The average Bonchev–Trinajstić information content (AvgIpc) is 2.41. The highest BCUT2D eigenvalue weighted by atomic mass is 79.9. The number of nitro groups is 1. The van der Waals surface area contributed by atoms with Gasteiger partial charge < -0.3 is 9.84 Å². The van der Waals surface area contributed by atoms with Gasteiger partial charge in [-0.15, -0.1) is 0 Å². The second-order valence-electron chi connectivity index (χ2n) is 4.25. The number of halogens is 1. The maximum Gasteiger partial charge on any atom is 0.339 e. The van der Waals surface area contributed by atoms with Crippen LogP contribution in [0.3, 0.4) is 0 Å². The number of hydrogen-bond donors (Lipinski definition) is 1. The van der Waals surface area contributed by atoms with Crippen molar-refractivity contribution in [1.29, 1.82) is 0 Å². The number of aromatic carboxylic acids is 1. The standard InChI is InChI=1S/C14H10BrNO5/c1-8-5-6-12(10(15)7-8)21-13-9(14(17)18)3-2-4-11(13)16(19)20/h2-7H,1H3,(H,17,18). The highest BCUT2D eigenvalue weighted by Gasteiger charge is 2.24. The molecule has 0 saturated heterocycles. The van der Waals surface area contributed by atoms with E-state index in [0.29, 0.717) is 10.2 Å². The number of carboxylic acids is 1. The van der Waals surface area contributed by atoms with Gasteiger partial charge in [-0.05, 0) is 46.6 Å². The van der Waals surface area contributed by atoms with Gasteiger partial charge in [-0.3, -0.25) is 10.1 Å². The smallest absolute Gasteiger partial charge is 0.339 e. The van der Waals surface area contributed by atoms with Crippen molar-refractivity contribution in [2.75, 3.05) is 0 Å². The van der Waals surface area contributed by atoms with E-state index in [0.717, 1.165) is 5.56 Å². The fourth-order valence-corrected chi connectivity index (χ4v) is 2.32. The predicted octanol–water partition coefficient (Wildman–Crippen LogP) is 4.16. The first-order valence-corrected chi connectivity index (χ1v) is 6.64. The quantitative estimate of drug-likeness (QED) is 0.659. The lowest BCUT2D eigenvalue weighted by Crippen LogP contribution is -2.03. The molecule has 0 unspecified atom stereocenters. The van der Waals surface area contributed by atoms with Gasteiger partial charge in [-0.2, -0.15) is 0 Å². The summed E-state index contributed by atoms with van der Waals surface area (Å²) in [4.78, 5) is 21.6. The number of hydrogen-bond acceptors (Lipinski definition) is 4. The van der Waals surface area contributed by atoms with Crippen LogP contribution in [0.15, 0.2) is 40.9 Å². The van der Waals surface area contributed by atoms with Crippen LogP contribution in [0.1, 0.15) is 15.9 Å². The molecule has 1 N–H and O–H groups in total. The molecule has 0 aromatic heterocycles. The lowest BCUT2D eigenvalue weighted by molar-refractivity contribution is -0.385. The van der Waals surface area contributed by atoms with Gasteiger partial charge in [0.1, 0.15) is 11.3 Å². The molecule has 108 valence electrons. The molecule has 0 aliphatic heterocycles. The largest absolute Gasteiger partial charge is 0.478 e. The molecule has 21 heavy (non-hydrogen) atoms. The van der Waals surface area contributed by atoms with Crippen molar-refractivity contribution in [2.45, 2.75) is 6.92 Å². The van der Waals surface area contributed by atoms with Crippen molar-refractivity contribution >= 4 is 27.6 Å². The number of carbonyl (C=O) groups is 1. The number of aryl methyl sites for hydroxylation is 1. The van der Waals surface area contributed by atoms with Gasteiger partial charge in [0.2, 0.25) is 5.75 Å². The van der Waals surface area contributed by atoms with Crippen molar-refractivity contribution < 1.29 is 19.6 Å². The van der Waals surface area contributed by atoms with E-state index in [1.54, 1.807) is 18.2 Å². The Morgan fingerprint density at radius 1 is 1.33 bits per heavy atom. The van der Waals surface area contributed by atoms with Crippen LogP contribution in [0.25, 0.3) is 0 Å². The lowest BCUT2D eigenvalue weighted by Gasteiger charge is -2.11. The van der Waals surface area contributed by atoms with Crippen LogP contribution in [-0.2, 0) is 0 Å². The van der Waals surface area contributed by atoms with E-state index in [1.165, 1.54) is 18.2 Å². The second kappa shape index (κ2) is 5.92. The highest BCUT2D eigenvalue weighted by molar-refractivity contribution is 9.10. The number of benzene rings is 2. The molecule has 0 aliphatic carbocycles. The first-order valence-electron chi connectivity index (χ1n) is 5.85. The van der Waals surface area contributed by atoms with Gasteiger partial charge in [-0.1, -0.05) is 12.1 Å². The Labute approximate surface area is 128 Å². The molecule has 0 bridgehead atoms. The van der Waals surface area contributed by atoms with Crippen LogP contribution >= 0.6 is 15.9 Å². The molecule has 0 atom stereocenters. The molecule has 7 heteroatoms. The third-order valence-electron chi connectivity index (χ3n) is 2.72. The average molecular weight is 352 g/mol. The maximum absolute atomic E-state index is 11.2. The summed E-state index contributed by atoms with van der Waals surface area (Å²) in [5, 5.41) is 20.2. The van der Waals surface area contributed by atoms with E-state index in [1.807, 2.05) is 6.92 Å². The van der Waals surface area contributed by atoms with E-state index < -0.39 is 16.6 Å².